The van der Waals surface area contributed by atoms with Gasteiger partial charge in [0.2, 0.25) is 0 Å². The molecule has 1 aliphatic heterocycles. The summed E-state index contributed by atoms with van der Waals surface area (Å²) in [7, 11) is 0. The fourth-order valence-electron chi connectivity index (χ4n) is 2.60. The lowest BCUT2D eigenvalue weighted by molar-refractivity contribution is -0.113. The minimum Gasteiger partial charge on any atom is -0.491 e. The van der Waals surface area contributed by atoms with Crippen LogP contribution in [0.4, 0.5) is 0 Å². The van der Waals surface area contributed by atoms with Crippen LogP contribution in [0.1, 0.15) is 36.5 Å². The Morgan fingerprint density at radius 3 is 2.95 bits per heavy atom. The largest absolute Gasteiger partial charge is 0.491 e. The van der Waals surface area contributed by atoms with Crippen LogP contribution >= 0.6 is 0 Å². The number of hydrogen-bond donors (Lipinski definition) is 0. The molecule has 20 heavy (non-hydrogen) atoms. The molecular formula is C16H21NO3. The zero-order valence-corrected chi connectivity index (χ0v) is 11.9. The van der Waals surface area contributed by atoms with Gasteiger partial charge in [-0.25, -0.2) is 0 Å². The summed E-state index contributed by atoms with van der Waals surface area (Å²) < 4.78 is 5.72. The monoisotopic (exact) mass is 275 g/mol. The minimum atomic E-state index is 0.00402. The molecule has 1 aromatic carbocycles. The highest BCUT2D eigenvalue weighted by Crippen LogP contribution is 2.19. The van der Waals surface area contributed by atoms with E-state index in [0.29, 0.717) is 17.9 Å². The Hall–Kier alpha value is -1.68. The fraction of sp³-hybridized carbons (Fsp3) is 0.500. The lowest BCUT2D eigenvalue weighted by Crippen LogP contribution is -2.42. The van der Waals surface area contributed by atoms with Gasteiger partial charge in [0.1, 0.15) is 18.6 Å². The summed E-state index contributed by atoms with van der Waals surface area (Å²) in [6.07, 6.45) is 4.22. The quantitative estimate of drug-likeness (QED) is 0.590. The van der Waals surface area contributed by atoms with Crippen LogP contribution in [-0.2, 0) is 4.79 Å². The van der Waals surface area contributed by atoms with Gasteiger partial charge < -0.3 is 9.53 Å². The first kappa shape index (κ1) is 14.7. The van der Waals surface area contributed by atoms with Crippen LogP contribution in [0.25, 0.3) is 0 Å². The first-order valence-corrected chi connectivity index (χ1v) is 7.14. The van der Waals surface area contributed by atoms with Crippen molar-refractivity contribution in [2.24, 2.45) is 0 Å². The number of Topliss-reactive ketones (excluding diaryl/α,β-unsaturated/α-hetero) is 1. The summed E-state index contributed by atoms with van der Waals surface area (Å²) in [5.74, 6) is 0.629. The molecule has 0 radical (unpaired) electrons. The second-order valence-electron chi connectivity index (χ2n) is 5.14. The minimum absolute atomic E-state index is 0.00402. The third kappa shape index (κ3) is 3.67. The number of nitrogens with zero attached hydrogens (tertiary/aromatic N) is 1. The molecule has 0 aliphatic carbocycles. The third-order valence-corrected chi connectivity index (χ3v) is 3.72. The average molecular weight is 275 g/mol. The summed E-state index contributed by atoms with van der Waals surface area (Å²) in [6, 6.07) is 7.29. The van der Waals surface area contributed by atoms with E-state index in [4.69, 9.17) is 4.74 Å². The maximum absolute atomic E-state index is 11.5. The van der Waals surface area contributed by atoms with E-state index >= 15 is 0 Å². The van der Waals surface area contributed by atoms with Gasteiger partial charge in [-0.05, 0) is 38.4 Å². The van der Waals surface area contributed by atoms with Crippen LogP contribution < -0.4 is 4.74 Å². The van der Waals surface area contributed by atoms with Crippen molar-refractivity contribution < 1.29 is 14.3 Å². The van der Waals surface area contributed by atoms with Crippen molar-refractivity contribution >= 4 is 12.1 Å². The van der Waals surface area contributed by atoms with Gasteiger partial charge in [-0.15, -0.1) is 0 Å². The van der Waals surface area contributed by atoms with Crippen molar-refractivity contribution in [3.63, 3.8) is 0 Å². The Morgan fingerprint density at radius 1 is 1.40 bits per heavy atom. The molecule has 1 fully saturated rings. The molecule has 1 saturated heterocycles. The van der Waals surface area contributed by atoms with Crippen LogP contribution in [0.2, 0.25) is 0 Å². The summed E-state index contributed by atoms with van der Waals surface area (Å²) in [4.78, 5) is 24.7. The van der Waals surface area contributed by atoms with E-state index in [2.05, 4.69) is 4.90 Å². The highest BCUT2D eigenvalue weighted by Gasteiger charge is 2.21. The maximum Gasteiger partial charge on any atom is 0.163 e. The second-order valence-corrected chi connectivity index (χ2v) is 5.14. The molecule has 0 amide bonds. The first-order chi connectivity index (χ1) is 9.72. The normalized spacial score (nSPS) is 19.6. The van der Waals surface area contributed by atoms with Crippen LogP contribution in [0.5, 0.6) is 5.75 Å². The Kier molecular flexibility index (Phi) is 5.30. The lowest BCUT2D eigenvalue weighted by Gasteiger charge is -2.31. The van der Waals surface area contributed by atoms with Crippen LogP contribution in [-0.4, -0.2) is 42.7 Å². The molecule has 1 atom stereocenters. The number of rotatable bonds is 6. The van der Waals surface area contributed by atoms with E-state index in [0.717, 1.165) is 38.6 Å². The number of ether oxygens (including phenoxy) is 1. The number of hydrogen-bond acceptors (Lipinski definition) is 4. The van der Waals surface area contributed by atoms with Crippen molar-refractivity contribution in [1.82, 2.24) is 4.90 Å². The van der Waals surface area contributed by atoms with E-state index in [1.54, 1.807) is 6.07 Å². The van der Waals surface area contributed by atoms with Gasteiger partial charge >= 0.3 is 0 Å². The Labute approximate surface area is 119 Å². The van der Waals surface area contributed by atoms with E-state index in [-0.39, 0.29) is 11.8 Å². The van der Waals surface area contributed by atoms with Crippen LogP contribution in [0.15, 0.2) is 24.3 Å². The van der Waals surface area contributed by atoms with Crippen LogP contribution in [0, 0.1) is 0 Å². The predicted octanol–water partition coefficient (Wildman–Crippen LogP) is 2.32. The molecule has 2 rings (SSSR count). The first-order valence-electron chi connectivity index (χ1n) is 7.14. The SMILES string of the molecule is CC(=O)c1ccccc1OCCN1CCCCC1C=O. The fourth-order valence-corrected chi connectivity index (χ4v) is 2.60. The number of carbonyl (C=O) groups is 2. The summed E-state index contributed by atoms with van der Waals surface area (Å²) in [6.45, 7) is 3.70. The van der Waals surface area contributed by atoms with Crippen molar-refractivity contribution in [3.05, 3.63) is 29.8 Å². The topological polar surface area (TPSA) is 46.6 Å². The number of benzene rings is 1. The molecule has 0 bridgehead atoms. The Morgan fingerprint density at radius 2 is 2.20 bits per heavy atom. The van der Waals surface area contributed by atoms with Gasteiger partial charge in [-0.3, -0.25) is 9.69 Å². The molecule has 0 saturated carbocycles. The number of piperidine rings is 1. The zero-order valence-electron chi connectivity index (χ0n) is 11.9. The van der Waals surface area contributed by atoms with Crippen molar-refractivity contribution in [1.29, 1.82) is 0 Å². The third-order valence-electron chi connectivity index (χ3n) is 3.72. The van der Waals surface area contributed by atoms with Gasteiger partial charge in [0.25, 0.3) is 0 Å². The van der Waals surface area contributed by atoms with Gasteiger partial charge in [-0.2, -0.15) is 0 Å². The summed E-state index contributed by atoms with van der Waals surface area (Å²) in [5, 5.41) is 0. The van der Waals surface area contributed by atoms with E-state index in [1.165, 1.54) is 6.92 Å². The van der Waals surface area contributed by atoms with Gasteiger partial charge in [-0.1, -0.05) is 18.6 Å². The Bertz CT molecular complexity index is 473. The van der Waals surface area contributed by atoms with Gasteiger partial charge in [0.05, 0.1) is 11.6 Å². The zero-order chi connectivity index (χ0) is 14.4. The molecule has 4 heteroatoms. The number of aldehydes is 1. The molecule has 0 N–H and O–H groups in total. The predicted molar refractivity (Wildman–Crippen MR) is 77.2 cm³/mol. The van der Waals surface area contributed by atoms with Crippen molar-refractivity contribution in [2.75, 3.05) is 19.7 Å². The highest BCUT2D eigenvalue weighted by molar-refractivity contribution is 5.96. The molecule has 4 nitrogen and oxygen atoms in total. The Balaban J connectivity index is 1.89. The second kappa shape index (κ2) is 7.20. The molecule has 0 spiro atoms. The molecule has 1 unspecified atom stereocenters. The molecular weight excluding hydrogens is 254 g/mol. The average Bonchev–Trinajstić information content (AvgIpc) is 2.48. The van der Waals surface area contributed by atoms with Gasteiger partial charge in [0.15, 0.2) is 5.78 Å². The number of ketones is 1. The molecule has 1 heterocycles. The smallest absolute Gasteiger partial charge is 0.163 e. The van der Waals surface area contributed by atoms with E-state index in [1.807, 2.05) is 18.2 Å². The van der Waals surface area contributed by atoms with Gasteiger partial charge in [0, 0.05) is 6.54 Å². The summed E-state index contributed by atoms with van der Waals surface area (Å²) in [5.41, 5.74) is 0.609. The van der Waals surface area contributed by atoms with E-state index < -0.39 is 0 Å². The maximum atomic E-state index is 11.5. The summed E-state index contributed by atoms with van der Waals surface area (Å²) >= 11 is 0. The van der Waals surface area contributed by atoms with Crippen molar-refractivity contribution in [2.45, 2.75) is 32.2 Å². The number of para-hydroxylation sites is 1. The molecule has 1 aromatic rings. The molecule has 108 valence electrons. The standard InChI is InChI=1S/C16H21NO3/c1-13(19)15-7-2-3-8-16(15)20-11-10-17-9-5-4-6-14(17)12-18/h2-3,7-8,12,14H,4-6,9-11H2,1H3. The van der Waals surface area contributed by atoms with E-state index in [9.17, 15) is 9.59 Å². The van der Waals surface area contributed by atoms with Crippen LogP contribution in [0.3, 0.4) is 0 Å². The van der Waals surface area contributed by atoms with Crippen molar-refractivity contribution in [3.8, 4) is 5.75 Å². The molecule has 1 aliphatic rings. The number of likely N-dealkylation sites (tertiary alicyclic amines) is 1. The lowest BCUT2D eigenvalue weighted by atomic mass is 10.0. The molecule has 0 aromatic heterocycles. The highest BCUT2D eigenvalue weighted by atomic mass is 16.5. The number of carbonyl (C=O) groups excluding carboxylic acids is 2.